The van der Waals surface area contributed by atoms with Gasteiger partial charge in [-0.05, 0) is 32.6 Å². The van der Waals surface area contributed by atoms with Gasteiger partial charge in [0.2, 0.25) is 0 Å². The van der Waals surface area contributed by atoms with Crippen molar-refractivity contribution >= 4 is 35.1 Å². The summed E-state index contributed by atoms with van der Waals surface area (Å²) in [7, 11) is 2.42. The molecule has 0 aliphatic rings. The van der Waals surface area contributed by atoms with Crippen molar-refractivity contribution in [1.29, 1.82) is 0 Å². The first kappa shape index (κ1) is 33.5. The first-order valence-electron chi connectivity index (χ1n) is 10.7. The van der Waals surface area contributed by atoms with Gasteiger partial charge in [-0.3, -0.25) is 28.8 Å². The number of carbonyl (C=O) groups is 6. The fraction of sp³-hybridized carbons (Fsp3) is 0.750. The molecule has 0 rings (SSSR count). The van der Waals surface area contributed by atoms with Gasteiger partial charge in [0, 0.05) is 38.0 Å². The quantitative estimate of drug-likeness (QED) is 0.190. The summed E-state index contributed by atoms with van der Waals surface area (Å²) < 4.78 is 9.12. The fourth-order valence-electron chi connectivity index (χ4n) is 3.18. The Morgan fingerprint density at radius 1 is 0.576 bits per heavy atom. The predicted octanol–water partition coefficient (Wildman–Crippen LogP) is 3.42. The molecule has 0 saturated heterocycles. The van der Waals surface area contributed by atoms with E-state index < -0.39 is 28.2 Å². The average Bonchev–Trinajstić information content (AvgIpc) is 2.69. The van der Waals surface area contributed by atoms with E-state index in [0.717, 1.165) is 0 Å². The molecular formula is C24H38O8Ti. The molecule has 9 heteroatoms. The first-order valence-corrected chi connectivity index (χ1v) is 10.7. The van der Waals surface area contributed by atoms with Crippen LogP contribution in [0.15, 0.2) is 0 Å². The molecule has 0 heterocycles. The van der Waals surface area contributed by atoms with Crippen LogP contribution < -0.4 is 0 Å². The van der Waals surface area contributed by atoms with Crippen molar-refractivity contribution in [1.82, 2.24) is 0 Å². The maximum atomic E-state index is 13.0. The minimum atomic E-state index is -0.947. The third-order valence-corrected chi connectivity index (χ3v) is 6.26. The molecule has 0 spiro atoms. The van der Waals surface area contributed by atoms with Gasteiger partial charge in [0.05, 0.1) is 20.6 Å². The van der Waals surface area contributed by atoms with E-state index in [9.17, 15) is 28.8 Å². The Morgan fingerprint density at radius 2 is 0.909 bits per heavy atom. The monoisotopic (exact) mass is 502 g/mol. The number of ketones is 4. The SMILES string of the molecule is COC(=O)CC(=O)C(C)(C)CCC(C)(CCC(C)(C)C(=O)CC(=O)OC)C(=O)CC(C)=O.[Ti]. The van der Waals surface area contributed by atoms with Crippen LogP contribution in [-0.2, 0) is 60.0 Å². The van der Waals surface area contributed by atoms with Crippen LogP contribution >= 0.6 is 0 Å². The topological polar surface area (TPSA) is 121 Å². The van der Waals surface area contributed by atoms with Crippen molar-refractivity contribution in [2.45, 2.75) is 86.5 Å². The van der Waals surface area contributed by atoms with E-state index >= 15 is 0 Å². The minimum absolute atomic E-state index is 0. The second-order valence-corrected chi connectivity index (χ2v) is 9.98. The van der Waals surface area contributed by atoms with Crippen LogP contribution in [0.25, 0.3) is 0 Å². The van der Waals surface area contributed by atoms with Crippen molar-refractivity contribution in [3.8, 4) is 0 Å². The maximum Gasteiger partial charge on any atom is 0.313 e. The third kappa shape index (κ3) is 11.3. The van der Waals surface area contributed by atoms with Crippen LogP contribution in [0.1, 0.15) is 86.5 Å². The molecule has 0 aromatic rings. The molecule has 0 aliphatic carbocycles. The van der Waals surface area contributed by atoms with E-state index in [1.165, 1.54) is 21.1 Å². The summed E-state index contributed by atoms with van der Waals surface area (Å²) in [6.45, 7) is 9.90. The predicted molar refractivity (Wildman–Crippen MR) is 118 cm³/mol. The van der Waals surface area contributed by atoms with Gasteiger partial charge in [-0.2, -0.15) is 0 Å². The summed E-state index contributed by atoms with van der Waals surface area (Å²) >= 11 is 0. The molecule has 0 unspecified atom stereocenters. The maximum absolute atomic E-state index is 13.0. The number of methoxy groups -OCH3 is 2. The Labute approximate surface area is 211 Å². The molecule has 0 fully saturated rings. The summed E-state index contributed by atoms with van der Waals surface area (Å²) in [5.41, 5.74) is -2.69. The summed E-state index contributed by atoms with van der Waals surface area (Å²) in [4.78, 5) is 72.5. The first-order chi connectivity index (χ1) is 14.5. The zero-order valence-electron chi connectivity index (χ0n) is 21.2. The number of ether oxygens (including phenoxy) is 2. The van der Waals surface area contributed by atoms with Gasteiger partial charge in [-0.1, -0.05) is 34.6 Å². The number of hydrogen-bond donors (Lipinski definition) is 0. The van der Waals surface area contributed by atoms with Crippen molar-refractivity contribution in [3.05, 3.63) is 0 Å². The molecule has 8 nitrogen and oxygen atoms in total. The van der Waals surface area contributed by atoms with E-state index in [-0.39, 0.29) is 64.1 Å². The van der Waals surface area contributed by atoms with Crippen LogP contribution in [0.5, 0.6) is 0 Å². The Kier molecular flexibility index (Phi) is 14.1. The number of Topliss-reactive ketones (excluding diaryl/α,β-unsaturated/α-hetero) is 4. The second-order valence-electron chi connectivity index (χ2n) is 9.98. The molecule has 0 atom stereocenters. The van der Waals surface area contributed by atoms with Crippen LogP contribution in [-0.4, -0.2) is 49.3 Å². The van der Waals surface area contributed by atoms with Crippen molar-refractivity contribution < 1.29 is 60.0 Å². The average molecular weight is 502 g/mol. The summed E-state index contributed by atoms with van der Waals surface area (Å²) in [5, 5.41) is 0. The molecule has 186 valence electrons. The fourth-order valence-corrected chi connectivity index (χ4v) is 3.18. The van der Waals surface area contributed by atoms with Crippen LogP contribution in [0.3, 0.4) is 0 Å². The standard InChI is InChI=1S/C24H38O8.Ti/c1-16(25)13-19(28)24(6,11-9-22(2,3)17(26)14-20(29)31-7)12-10-23(4,5)18(27)15-21(30)32-8;/h9-15H2,1-8H3;. The molecule has 0 aromatic heterocycles. The minimum Gasteiger partial charge on any atom is -0.469 e. The molecular weight excluding hydrogens is 464 g/mol. The molecule has 0 bridgehead atoms. The van der Waals surface area contributed by atoms with Gasteiger partial charge in [-0.15, -0.1) is 0 Å². The zero-order chi connectivity index (χ0) is 25.3. The molecule has 33 heavy (non-hydrogen) atoms. The smallest absolute Gasteiger partial charge is 0.313 e. The van der Waals surface area contributed by atoms with Gasteiger partial charge in [0.15, 0.2) is 0 Å². The van der Waals surface area contributed by atoms with Gasteiger partial charge in [-0.25, -0.2) is 0 Å². The van der Waals surface area contributed by atoms with Crippen molar-refractivity contribution in [2.24, 2.45) is 16.2 Å². The van der Waals surface area contributed by atoms with Gasteiger partial charge in [0.25, 0.3) is 0 Å². The Hall–Kier alpha value is -1.67. The van der Waals surface area contributed by atoms with Gasteiger partial charge in [0.1, 0.15) is 36.0 Å². The number of hydrogen-bond acceptors (Lipinski definition) is 8. The Balaban J connectivity index is 0. The summed E-state index contributed by atoms with van der Waals surface area (Å²) in [5.74, 6) is -2.34. The van der Waals surface area contributed by atoms with Crippen LogP contribution in [0.2, 0.25) is 0 Å². The van der Waals surface area contributed by atoms with Crippen LogP contribution in [0.4, 0.5) is 0 Å². The Morgan fingerprint density at radius 3 is 1.18 bits per heavy atom. The zero-order valence-corrected chi connectivity index (χ0v) is 22.8. The van der Waals surface area contributed by atoms with E-state index in [1.807, 2.05) is 0 Å². The summed E-state index contributed by atoms with van der Waals surface area (Å²) in [6.07, 6.45) is 0.316. The van der Waals surface area contributed by atoms with Crippen LogP contribution in [0, 0.1) is 16.2 Å². The van der Waals surface area contributed by atoms with Crippen molar-refractivity contribution in [3.63, 3.8) is 0 Å². The van der Waals surface area contributed by atoms with Crippen molar-refractivity contribution in [2.75, 3.05) is 14.2 Å². The van der Waals surface area contributed by atoms with E-state index in [1.54, 1.807) is 34.6 Å². The van der Waals surface area contributed by atoms with E-state index in [4.69, 9.17) is 0 Å². The molecule has 0 aliphatic heterocycles. The van der Waals surface area contributed by atoms with E-state index in [2.05, 4.69) is 9.47 Å². The van der Waals surface area contributed by atoms with Gasteiger partial charge < -0.3 is 9.47 Å². The second kappa shape index (κ2) is 13.9. The Bertz CT molecular complexity index is 706. The van der Waals surface area contributed by atoms with Gasteiger partial charge >= 0.3 is 11.9 Å². The normalized spacial score (nSPS) is 11.8. The largest absolute Gasteiger partial charge is 0.469 e. The molecule has 0 amide bonds. The third-order valence-electron chi connectivity index (χ3n) is 6.26. The number of rotatable bonds is 15. The van der Waals surface area contributed by atoms with E-state index in [0.29, 0.717) is 25.7 Å². The number of esters is 2. The molecule has 0 saturated carbocycles. The number of carbonyl (C=O) groups excluding carboxylic acids is 6. The summed E-state index contributed by atoms with van der Waals surface area (Å²) in [6, 6.07) is 0. The molecule has 0 radical (unpaired) electrons. The molecule has 0 N–H and O–H groups in total. The molecule has 0 aromatic carbocycles.